The molecule has 33 heavy (non-hydrogen) atoms. The summed E-state index contributed by atoms with van der Waals surface area (Å²) in [5, 5.41) is 15.5. The van der Waals surface area contributed by atoms with Gasteiger partial charge in [0.05, 0.1) is 0 Å². The number of hydrogen-bond acceptors (Lipinski definition) is 3. The lowest BCUT2D eigenvalue weighted by atomic mass is 9.75. The molecule has 2 atom stereocenters. The van der Waals surface area contributed by atoms with Crippen LogP contribution in [0.4, 0.5) is 5.69 Å². The Kier molecular flexibility index (Phi) is 5.78. The number of rotatable bonds is 6. The van der Waals surface area contributed by atoms with Gasteiger partial charge in [0.25, 0.3) is 0 Å². The van der Waals surface area contributed by atoms with Gasteiger partial charge in [-0.1, -0.05) is 109 Å². The van der Waals surface area contributed by atoms with Crippen molar-refractivity contribution in [3.8, 4) is 0 Å². The van der Waals surface area contributed by atoms with Crippen molar-refractivity contribution in [3.05, 3.63) is 138 Å². The lowest BCUT2D eigenvalue weighted by Crippen LogP contribution is -2.59. The largest absolute Gasteiger partial charge is 0.378 e. The predicted octanol–water partition coefficient (Wildman–Crippen LogP) is 4.95. The molecule has 1 aliphatic heterocycles. The van der Waals surface area contributed by atoms with Crippen LogP contribution in [0.2, 0.25) is 0 Å². The fourth-order valence-corrected chi connectivity index (χ4v) is 4.77. The van der Waals surface area contributed by atoms with Crippen LogP contribution in [0, 0.1) is 0 Å². The Hall–Kier alpha value is -3.73. The summed E-state index contributed by atoms with van der Waals surface area (Å²) >= 11 is 0. The Morgan fingerprint density at radius 3 is 1.76 bits per heavy atom. The van der Waals surface area contributed by atoms with Gasteiger partial charge in [0.2, 0.25) is 5.91 Å². The highest BCUT2D eigenvalue weighted by molar-refractivity contribution is 6.00. The first kappa shape index (κ1) is 21.1. The van der Waals surface area contributed by atoms with E-state index in [1.165, 1.54) is 0 Å². The lowest BCUT2D eigenvalue weighted by molar-refractivity contribution is -0.132. The van der Waals surface area contributed by atoms with Gasteiger partial charge in [-0.15, -0.1) is 0 Å². The third kappa shape index (κ3) is 4.07. The highest BCUT2D eigenvalue weighted by Gasteiger charge is 2.51. The van der Waals surface area contributed by atoms with Gasteiger partial charge in [-0.3, -0.25) is 9.69 Å². The van der Waals surface area contributed by atoms with Crippen molar-refractivity contribution >= 4 is 11.6 Å². The van der Waals surface area contributed by atoms with Gasteiger partial charge in [-0.2, -0.15) is 0 Å². The first-order valence-electron chi connectivity index (χ1n) is 11.2. The average Bonchev–Trinajstić information content (AvgIpc) is 2.86. The Balaban J connectivity index is 1.66. The molecule has 0 radical (unpaired) electrons. The van der Waals surface area contributed by atoms with Gasteiger partial charge in [-0.05, 0) is 22.8 Å². The number of nitrogens with zero attached hydrogens (tertiary/aromatic N) is 1. The van der Waals surface area contributed by atoms with E-state index >= 15 is 0 Å². The van der Waals surface area contributed by atoms with E-state index in [-0.39, 0.29) is 5.91 Å². The number of aliphatic hydroxyl groups is 1. The molecule has 2 N–H and O–H groups in total. The van der Waals surface area contributed by atoms with Crippen molar-refractivity contribution in [1.29, 1.82) is 0 Å². The monoisotopic (exact) mass is 434 g/mol. The Bertz CT molecular complexity index is 1190. The number of fused-ring (bicyclic) bond motifs is 1. The van der Waals surface area contributed by atoms with Gasteiger partial charge >= 0.3 is 0 Å². The predicted molar refractivity (Wildman–Crippen MR) is 130 cm³/mol. The van der Waals surface area contributed by atoms with Crippen LogP contribution in [-0.4, -0.2) is 22.0 Å². The van der Waals surface area contributed by atoms with E-state index in [2.05, 4.69) is 10.2 Å². The minimum absolute atomic E-state index is 0.216. The third-order valence-electron chi connectivity index (χ3n) is 6.28. The third-order valence-corrected chi connectivity index (χ3v) is 6.28. The number of nitrogens with one attached hydrogen (secondary N) is 1. The van der Waals surface area contributed by atoms with Crippen LogP contribution in [0.25, 0.3) is 0 Å². The number of amides is 1. The minimum Gasteiger partial charge on any atom is -0.378 e. The lowest BCUT2D eigenvalue weighted by Gasteiger charge is -2.46. The highest BCUT2D eigenvalue weighted by Crippen LogP contribution is 2.43. The molecule has 1 amide bonds. The molecule has 4 heteroatoms. The van der Waals surface area contributed by atoms with Gasteiger partial charge in [-0.25, -0.2) is 0 Å². The number of carbonyl (C=O) groups is 1. The summed E-state index contributed by atoms with van der Waals surface area (Å²) in [7, 11) is 0. The molecule has 0 bridgehead atoms. The molecule has 4 nitrogen and oxygen atoms in total. The van der Waals surface area contributed by atoms with Gasteiger partial charge in [0, 0.05) is 24.3 Å². The van der Waals surface area contributed by atoms with E-state index in [1.807, 2.05) is 115 Å². The molecule has 4 aromatic rings. The van der Waals surface area contributed by atoms with E-state index in [1.54, 1.807) is 0 Å². The normalized spacial score (nSPS) is 19.7. The van der Waals surface area contributed by atoms with E-state index < -0.39 is 11.6 Å². The molecule has 0 spiro atoms. The zero-order valence-electron chi connectivity index (χ0n) is 18.3. The topological polar surface area (TPSA) is 52.6 Å². The summed E-state index contributed by atoms with van der Waals surface area (Å²) < 4.78 is 0. The van der Waals surface area contributed by atoms with E-state index in [4.69, 9.17) is 0 Å². The maximum Gasteiger partial charge on any atom is 0.245 e. The quantitative estimate of drug-likeness (QED) is 0.452. The molecule has 5 rings (SSSR count). The second kappa shape index (κ2) is 9.02. The van der Waals surface area contributed by atoms with Crippen molar-refractivity contribution in [2.75, 3.05) is 5.32 Å². The van der Waals surface area contributed by atoms with Crippen LogP contribution in [0.15, 0.2) is 115 Å². The second-order valence-electron chi connectivity index (χ2n) is 8.45. The molecule has 0 aliphatic carbocycles. The molecule has 4 aromatic carbocycles. The standard InChI is InChI=1S/C29H26N2O2/c32-28-27(31(20-22-12-4-1-5-13-22)21-23-14-6-2-7-15-23)29(33,24-16-8-3-9-17-24)25-18-10-11-19-26(25)30-28/h1-19,27,33H,20-21H2,(H,30,32)/t27-,29+/m1/s1. The smallest absolute Gasteiger partial charge is 0.245 e. The van der Waals surface area contributed by atoms with Gasteiger partial charge in [0.1, 0.15) is 11.6 Å². The van der Waals surface area contributed by atoms with Crippen LogP contribution < -0.4 is 5.32 Å². The molecule has 164 valence electrons. The summed E-state index contributed by atoms with van der Waals surface area (Å²) in [5.41, 5.74) is 2.69. The summed E-state index contributed by atoms with van der Waals surface area (Å²) in [4.78, 5) is 15.7. The van der Waals surface area contributed by atoms with E-state index in [0.717, 1.165) is 11.1 Å². The highest BCUT2D eigenvalue weighted by atomic mass is 16.3. The van der Waals surface area contributed by atoms with Crippen molar-refractivity contribution in [2.24, 2.45) is 0 Å². The number of benzene rings is 4. The van der Waals surface area contributed by atoms with Crippen LogP contribution in [-0.2, 0) is 23.5 Å². The van der Waals surface area contributed by atoms with Crippen LogP contribution in [0.1, 0.15) is 22.3 Å². The van der Waals surface area contributed by atoms with Crippen LogP contribution >= 0.6 is 0 Å². The first-order chi connectivity index (χ1) is 16.2. The zero-order valence-corrected chi connectivity index (χ0v) is 18.3. The fraction of sp³-hybridized carbons (Fsp3) is 0.138. The summed E-state index contributed by atoms with van der Waals surface area (Å²) in [6.07, 6.45) is 0. The van der Waals surface area contributed by atoms with Crippen LogP contribution in [0.3, 0.4) is 0 Å². The Morgan fingerprint density at radius 1 is 0.697 bits per heavy atom. The summed E-state index contributed by atoms with van der Waals surface area (Å²) in [6.45, 7) is 1.04. The molecule has 1 heterocycles. The number of para-hydroxylation sites is 1. The van der Waals surface area contributed by atoms with Crippen molar-refractivity contribution in [1.82, 2.24) is 4.90 Å². The Morgan fingerprint density at radius 2 is 1.18 bits per heavy atom. The maximum atomic E-state index is 13.7. The summed E-state index contributed by atoms with van der Waals surface area (Å²) in [5.74, 6) is -0.216. The maximum absolute atomic E-state index is 13.7. The molecule has 0 aromatic heterocycles. The van der Waals surface area contributed by atoms with Crippen molar-refractivity contribution in [3.63, 3.8) is 0 Å². The number of carbonyl (C=O) groups excluding carboxylic acids is 1. The molecular weight excluding hydrogens is 408 g/mol. The molecule has 0 fully saturated rings. The number of hydrogen-bond donors (Lipinski definition) is 2. The first-order valence-corrected chi connectivity index (χ1v) is 11.2. The minimum atomic E-state index is -1.51. The van der Waals surface area contributed by atoms with Gasteiger partial charge < -0.3 is 10.4 Å². The molecule has 0 saturated carbocycles. The molecular formula is C29H26N2O2. The second-order valence-corrected chi connectivity index (χ2v) is 8.45. The zero-order chi connectivity index (χ0) is 22.7. The average molecular weight is 435 g/mol. The molecule has 0 saturated heterocycles. The fourth-order valence-electron chi connectivity index (χ4n) is 4.77. The summed E-state index contributed by atoms with van der Waals surface area (Å²) in [6, 6.07) is 36.3. The van der Waals surface area contributed by atoms with Crippen LogP contribution in [0.5, 0.6) is 0 Å². The van der Waals surface area contributed by atoms with Gasteiger partial charge in [0.15, 0.2) is 0 Å². The molecule has 1 aliphatic rings. The SMILES string of the molecule is O=C1Nc2ccccc2[C@@](O)(c2ccccc2)[C@@H]1N(Cc1ccccc1)Cc1ccccc1. The molecule has 0 unspecified atom stereocenters. The van der Waals surface area contributed by atoms with Crippen molar-refractivity contribution < 1.29 is 9.90 Å². The van der Waals surface area contributed by atoms with E-state index in [9.17, 15) is 9.90 Å². The number of anilines is 1. The Labute approximate surface area is 194 Å². The van der Waals surface area contributed by atoms with E-state index in [0.29, 0.717) is 29.9 Å². The van der Waals surface area contributed by atoms with Crippen molar-refractivity contribution in [2.45, 2.75) is 24.7 Å².